The Morgan fingerprint density at radius 3 is 2.59 bits per heavy atom. The van der Waals surface area contributed by atoms with Crippen molar-refractivity contribution in [2.24, 2.45) is 0 Å². The number of likely N-dealkylation sites (tertiary alicyclic amines) is 1. The summed E-state index contributed by atoms with van der Waals surface area (Å²) in [4.78, 5) is 26.7. The molecule has 7 heteroatoms. The van der Waals surface area contributed by atoms with Gasteiger partial charge in [-0.3, -0.25) is 14.3 Å². The van der Waals surface area contributed by atoms with Gasteiger partial charge in [-0.2, -0.15) is 5.10 Å². The third-order valence-corrected chi connectivity index (χ3v) is 4.66. The van der Waals surface area contributed by atoms with Crippen LogP contribution in [0.3, 0.4) is 0 Å². The predicted octanol–water partition coefficient (Wildman–Crippen LogP) is -0.300. The lowest BCUT2D eigenvalue weighted by atomic mass is 9.87. The van der Waals surface area contributed by atoms with Gasteiger partial charge in [0.2, 0.25) is 11.8 Å². The molecule has 0 radical (unpaired) electrons. The van der Waals surface area contributed by atoms with Gasteiger partial charge in [0, 0.05) is 25.5 Å². The fourth-order valence-electron chi connectivity index (χ4n) is 3.32. The van der Waals surface area contributed by atoms with Crippen LogP contribution in [-0.4, -0.2) is 59.2 Å². The maximum Gasteiger partial charge on any atom is 0.248 e. The Kier molecular flexibility index (Phi) is 4.42. The zero-order chi connectivity index (χ0) is 15.4. The lowest BCUT2D eigenvalue weighted by molar-refractivity contribution is -0.136. The van der Waals surface area contributed by atoms with Crippen LogP contribution < -0.4 is 10.6 Å². The second kappa shape index (κ2) is 6.48. The quantitative estimate of drug-likeness (QED) is 0.800. The summed E-state index contributed by atoms with van der Waals surface area (Å²) in [5.41, 5.74) is -0.681. The van der Waals surface area contributed by atoms with Gasteiger partial charge in [-0.05, 0) is 44.8 Å². The molecule has 2 N–H and O–H groups in total. The number of hydrogen-bond acceptors (Lipinski definition) is 4. The highest BCUT2D eigenvalue weighted by atomic mass is 16.2. The summed E-state index contributed by atoms with van der Waals surface area (Å²) >= 11 is 0. The maximum atomic E-state index is 12.8. The van der Waals surface area contributed by atoms with Crippen molar-refractivity contribution < 1.29 is 9.59 Å². The van der Waals surface area contributed by atoms with Crippen LogP contribution in [0, 0.1) is 0 Å². The molecule has 0 spiro atoms. The van der Waals surface area contributed by atoms with Crippen molar-refractivity contribution in [1.29, 1.82) is 0 Å². The predicted molar refractivity (Wildman–Crippen MR) is 81.1 cm³/mol. The Balaban J connectivity index is 1.66. The van der Waals surface area contributed by atoms with E-state index in [0.29, 0.717) is 12.8 Å². The van der Waals surface area contributed by atoms with Gasteiger partial charge in [0.15, 0.2) is 0 Å². The van der Waals surface area contributed by atoms with Gasteiger partial charge in [0.25, 0.3) is 0 Å². The number of carbonyl (C=O) groups is 2. The summed E-state index contributed by atoms with van der Waals surface area (Å²) < 4.78 is 1.74. The molecular formula is C15H23N5O2. The van der Waals surface area contributed by atoms with E-state index >= 15 is 0 Å². The first-order chi connectivity index (χ1) is 10.7. The molecule has 0 bridgehead atoms. The number of nitrogens with zero attached hydrogens (tertiary/aromatic N) is 3. The summed E-state index contributed by atoms with van der Waals surface area (Å²) in [6.07, 6.45) is 6.99. The van der Waals surface area contributed by atoms with Gasteiger partial charge >= 0.3 is 0 Å². The van der Waals surface area contributed by atoms with E-state index in [1.54, 1.807) is 10.9 Å². The lowest BCUT2D eigenvalue weighted by Gasteiger charge is -2.36. The van der Waals surface area contributed by atoms with Gasteiger partial charge in [0.1, 0.15) is 5.54 Å². The van der Waals surface area contributed by atoms with Crippen molar-refractivity contribution in [3.8, 4) is 0 Å². The molecule has 2 fully saturated rings. The molecule has 2 saturated heterocycles. The number of piperidine rings is 1. The van der Waals surface area contributed by atoms with Crippen LogP contribution in [0.15, 0.2) is 18.5 Å². The molecule has 22 heavy (non-hydrogen) atoms. The standard InChI is InChI=1S/C15H23N5O2/c21-13(19-9-1-2-10-19)12-17-14(22)15(4-7-16-8-5-15)20-11-3-6-18-20/h3,6,11,16H,1-2,4-5,7-10,12H2,(H,17,22). The van der Waals surface area contributed by atoms with Crippen LogP contribution in [-0.2, 0) is 15.1 Å². The lowest BCUT2D eigenvalue weighted by Crippen LogP contribution is -2.55. The van der Waals surface area contributed by atoms with Crippen molar-refractivity contribution >= 4 is 11.8 Å². The minimum Gasteiger partial charge on any atom is -0.345 e. The molecule has 0 atom stereocenters. The Labute approximate surface area is 130 Å². The smallest absolute Gasteiger partial charge is 0.248 e. The summed E-state index contributed by atoms with van der Waals surface area (Å²) in [5, 5.41) is 10.4. The summed E-state index contributed by atoms with van der Waals surface area (Å²) in [5.74, 6) is -0.0966. The van der Waals surface area contributed by atoms with E-state index < -0.39 is 5.54 Å². The molecular weight excluding hydrogens is 282 g/mol. The molecule has 2 aliphatic rings. The van der Waals surface area contributed by atoms with Gasteiger partial charge < -0.3 is 15.5 Å². The van der Waals surface area contributed by atoms with Crippen molar-refractivity contribution in [1.82, 2.24) is 25.3 Å². The zero-order valence-electron chi connectivity index (χ0n) is 12.8. The Hall–Kier alpha value is -1.89. The molecule has 3 heterocycles. The summed E-state index contributed by atoms with van der Waals surface area (Å²) in [7, 11) is 0. The van der Waals surface area contributed by atoms with Crippen molar-refractivity contribution in [2.45, 2.75) is 31.2 Å². The third-order valence-electron chi connectivity index (χ3n) is 4.66. The van der Waals surface area contributed by atoms with Gasteiger partial charge in [-0.1, -0.05) is 0 Å². The van der Waals surface area contributed by atoms with Gasteiger partial charge in [-0.25, -0.2) is 0 Å². The molecule has 1 aromatic rings. The minimum absolute atomic E-state index is 0.00963. The fourth-order valence-corrected chi connectivity index (χ4v) is 3.32. The Morgan fingerprint density at radius 1 is 1.23 bits per heavy atom. The second-order valence-electron chi connectivity index (χ2n) is 6.00. The molecule has 3 rings (SSSR count). The number of amides is 2. The largest absolute Gasteiger partial charge is 0.345 e. The van der Waals surface area contributed by atoms with Crippen molar-refractivity contribution in [3.63, 3.8) is 0 Å². The van der Waals surface area contributed by atoms with E-state index in [1.165, 1.54) is 0 Å². The Bertz CT molecular complexity index is 516. The van der Waals surface area contributed by atoms with E-state index in [-0.39, 0.29) is 18.4 Å². The SMILES string of the molecule is O=C(CNC(=O)C1(n2cccn2)CCNCC1)N1CCCC1. The van der Waals surface area contributed by atoms with Gasteiger partial charge in [0.05, 0.1) is 6.54 Å². The molecule has 1 aromatic heterocycles. The maximum absolute atomic E-state index is 12.8. The van der Waals surface area contributed by atoms with Crippen LogP contribution in [0.5, 0.6) is 0 Å². The van der Waals surface area contributed by atoms with E-state index in [2.05, 4.69) is 15.7 Å². The molecule has 0 aliphatic carbocycles. The number of aromatic nitrogens is 2. The number of carbonyl (C=O) groups excluding carboxylic acids is 2. The minimum atomic E-state index is -0.681. The van der Waals surface area contributed by atoms with Gasteiger partial charge in [-0.15, -0.1) is 0 Å². The number of rotatable bonds is 4. The molecule has 0 unspecified atom stereocenters. The van der Waals surface area contributed by atoms with Crippen LogP contribution in [0.2, 0.25) is 0 Å². The van der Waals surface area contributed by atoms with E-state index in [0.717, 1.165) is 39.0 Å². The highest BCUT2D eigenvalue weighted by molar-refractivity contribution is 5.89. The molecule has 120 valence electrons. The Morgan fingerprint density at radius 2 is 1.95 bits per heavy atom. The van der Waals surface area contributed by atoms with Crippen LogP contribution in [0.4, 0.5) is 0 Å². The van der Waals surface area contributed by atoms with Crippen molar-refractivity contribution in [3.05, 3.63) is 18.5 Å². The highest BCUT2D eigenvalue weighted by Gasteiger charge is 2.42. The molecule has 0 saturated carbocycles. The first-order valence-corrected chi connectivity index (χ1v) is 7.99. The molecule has 0 aromatic carbocycles. The number of hydrogen-bond donors (Lipinski definition) is 2. The van der Waals surface area contributed by atoms with Crippen molar-refractivity contribution in [2.75, 3.05) is 32.7 Å². The normalized spacial score (nSPS) is 20.8. The third kappa shape index (κ3) is 2.85. The summed E-state index contributed by atoms with van der Waals surface area (Å²) in [6, 6.07) is 1.83. The second-order valence-corrected chi connectivity index (χ2v) is 6.00. The monoisotopic (exact) mass is 305 g/mol. The average Bonchev–Trinajstić information content (AvgIpc) is 3.25. The topological polar surface area (TPSA) is 79.3 Å². The number of nitrogens with one attached hydrogen (secondary N) is 2. The van der Waals surface area contributed by atoms with Crippen LogP contribution in [0.25, 0.3) is 0 Å². The van der Waals surface area contributed by atoms with E-state index in [4.69, 9.17) is 0 Å². The van der Waals surface area contributed by atoms with E-state index in [1.807, 2.05) is 17.2 Å². The van der Waals surface area contributed by atoms with Crippen LogP contribution >= 0.6 is 0 Å². The fraction of sp³-hybridized carbons (Fsp3) is 0.667. The zero-order valence-corrected chi connectivity index (χ0v) is 12.8. The first kappa shape index (κ1) is 15.0. The summed E-state index contributed by atoms with van der Waals surface area (Å²) in [6.45, 7) is 3.24. The molecule has 2 amide bonds. The van der Waals surface area contributed by atoms with E-state index in [9.17, 15) is 9.59 Å². The first-order valence-electron chi connectivity index (χ1n) is 7.99. The molecule has 7 nitrogen and oxygen atoms in total. The highest BCUT2D eigenvalue weighted by Crippen LogP contribution is 2.27. The average molecular weight is 305 g/mol. The van der Waals surface area contributed by atoms with Crippen LogP contribution in [0.1, 0.15) is 25.7 Å². The molecule has 2 aliphatic heterocycles.